The number of rotatable bonds is 1. The van der Waals surface area contributed by atoms with E-state index < -0.39 is 0 Å². The van der Waals surface area contributed by atoms with Crippen LogP contribution >= 0.6 is 0 Å². The minimum atomic E-state index is 0.124. The molecular weight excluding hydrogens is 200 g/mol. The highest BCUT2D eigenvalue weighted by Crippen LogP contribution is 2.12. The van der Waals surface area contributed by atoms with Crippen molar-refractivity contribution in [1.29, 1.82) is 0 Å². The summed E-state index contributed by atoms with van der Waals surface area (Å²) in [5.74, 6) is 0.124. The number of likely N-dealkylation sites (tertiary alicyclic amines) is 1. The first-order valence-corrected chi connectivity index (χ1v) is 5.98. The number of amides is 1. The predicted octanol–water partition coefficient (Wildman–Crippen LogP) is 2.65. The molecule has 0 radical (unpaired) electrons. The monoisotopic (exact) mass is 220 g/mol. The summed E-state index contributed by atoms with van der Waals surface area (Å²) in [4.78, 5) is 17.8. The number of nitrogens with zero attached hydrogens (tertiary/aromatic N) is 2. The average molecular weight is 220 g/mol. The summed E-state index contributed by atoms with van der Waals surface area (Å²) < 4.78 is 0. The van der Waals surface area contributed by atoms with Crippen molar-refractivity contribution in [1.82, 2.24) is 9.88 Å². The number of hydrogen-bond acceptors (Lipinski definition) is 2. The Balaban J connectivity index is 0.000000606. The van der Waals surface area contributed by atoms with Crippen molar-refractivity contribution in [2.75, 3.05) is 13.1 Å². The zero-order valence-electron chi connectivity index (χ0n) is 10.4. The zero-order chi connectivity index (χ0) is 12.0. The Morgan fingerprint density at radius 1 is 1.25 bits per heavy atom. The number of carbonyl (C=O) groups is 1. The molecule has 0 bridgehead atoms. The maximum atomic E-state index is 11.9. The van der Waals surface area contributed by atoms with Crippen molar-refractivity contribution >= 4 is 5.91 Å². The molecule has 2 heterocycles. The molecule has 1 saturated heterocycles. The molecule has 0 aromatic carbocycles. The van der Waals surface area contributed by atoms with Crippen LogP contribution in [0.3, 0.4) is 0 Å². The fraction of sp³-hybridized carbons (Fsp3) is 0.538. The van der Waals surface area contributed by atoms with E-state index in [1.54, 1.807) is 12.4 Å². The first-order valence-electron chi connectivity index (χ1n) is 5.98. The second-order valence-electron chi connectivity index (χ2n) is 3.75. The highest BCUT2D eigenvalue weighted by atomic mass is 16.2. The summed E-state index contributed by atoms with van der Waals surface area (Å²) in [6.45, 7) is 7.74. The average Bonchev–Trinajstić information content (AvgIpc) is 2.84. The molecule has 1 aliphatic heterocycles. The lowest BCUT2D eigenvalue weighted by atomic mass is 10.2. The molecule has 3 nitrogen and oxygen atoms in total. The van der Waals surface area contributed by atoms with Crippen LogP contribution < -0.4 is 0 Å². The normalized spacial score (nSPS) is 14.3. The van der Waals surface area contributed by atoms with Crippen molar-refractivity contribution in [3.8, 4) is 0 Å². The lowest BCUT2D eigenvalue weighted by Crippen LogP contribution is -2.27. The van der Waals surface area contributed by atoms with Gasteiger partial charge in [0.1, 0.15) is 0 Å². The van der Waals surface area contributed by atoms with E-state index in [0.29, 0.717) is 5.56 Å². The molecule has 0 spiro atoms. The second kappa shape index (κ2) is 6.26. The van der Waals surface area contributed by atoms with Crippen LogP contribution in [0.1, 0.15) is 42.6 Å². The van der Waals surface area contributed by atoms with Gasteiger partial charge in [-0.25, -0.2) is 0 Å². The van der Waals surface area contributed by atoms with Gasteiger partial charge in [0.15, 0.2) is 0 Å². The Hall–Kier alpha value is -1.38. The van der Waals surface area contributed by atoms with Gasteiger partial charge in [-0.05, 0) is 31.4 Å². The fourth-order valence-corrected chi connectivity index (χ4v) is 1.77. The Morgan fingerprint density at radius 2 is 1.88 bits per heavy atom. The molecule has 0 N–H and O–H groups in total. The molecule has 2 rings (SSSR count). The molecule has 1 aromatic rings. The topological polar surface area (TPSA) is 33.2 Å². The third-order valence-electron chi connectivity index (χ3n) is 2.52. The SMILES string of the molecule is CC.Cc1cncc(C(=O)N2CCCC2)c1. The highest BCUT2D eigenvalue weighted by Gasteiger charge is 2.19. The Kier molecular flexibility index (Phi) is 4.96. The fourth-order valence-electron chi connectivity index (χ4n) is 1.77. The van der Waals surface area contributed by atoms with Crippen LogP contribution in [0.25, 0.3) is 0 Å². The van der Waals surface area contributed by atoms with Gasteiger partial charge in [-0.3, -0.25) is 9.78 Å². The van der Waals surface area contributed by atoms with Crippen LogP contribution in [0.4, 0.5) is 0 Å². The van der Waals surface area contributed by atoms with E-state index >= 15 is 0 Å². The molecule has 1 aliphatic rings. The van der Waals surface area contributed by atoms with Crippen LogP contribution in [-0.4, -0.2) is 28.9 Å². The van der Waals surface area contributed by atoms with Gasteiger partial charge in [-0.15, -0.1) is 0 Å². The lowest BCUT2D eigenvalue weighted by Gasteiger charge is -2.14. The molecule has 0 saturated carbocycles. The van der Waals surface area contributed by atoms with E-state index in [1.807, 2.05) is 31.7 Å². The van der Waals surface area contributed by atoms with Crippen molar-refractivity contribution in [3.63, 3.8) is 0 Å². The molecule has 1 amide bonds. The molecular formula is C13H20N2O. The maximum absolute atomic E-state index is 11.9. The summed E-state index contributed by atoms with van der Waals surface area (Å²) in [7, 11) is 0. The Bertz CT molecular complexity index is 344. The van der Waals surface area contributed by atoms with E-state index in [0.717, 1.165) is 31.5 Å². The van der Waals surface area contributed by atoms with Crippen molar-refractivity contribution < 1.29 is 4.79 Å². The quantitative estimate of drug-likeness (QED) is 0.729. The van der Waals surface area contributed by atoms with Crippen molar-refractivity contribution in [3.05, 3.63) is 29.6 Å². The number of hydrogen-bond donors (Lipinski definition) is 0. The summed E-state index contributed by atoms with van der Waals surface area (Å²) in [5.41, 5.74) is 1.75. The molecule has 1 aromatic heterocycles. The van der Waals surface area contributed by atoms with Gasteiger partial charge in [-0.2, -0.15) is 0 Å². The minimum Gasteiger partial charge on any atom is -0.339 e. The predicted molar refractivity (Wildman–Crippen MR) is 65.5 cm³/mol. The molecule has 3 heteroatoms. The number of carbonyl (C=O) groups excluding carboxylic acids is 1. The van der Waals surface area contributed by atoms with Gasteiger partial charge in [0, 0.05) is 25.5 Å². The smallest absolute Gasteiger partial charge is 0.255 e. The standard InChI is InChI=1S/C11H14N2O.C2H6/c1-9-6-10(8-12-7-9)11(14)13-4-2-3-5-13;1-2/h6-8H,2-5H2,1H3;1-2H3. The number of aryl methyl sites for hydroxylation is 1. The number of aromatic nitrogens is 1. The van der Waals surface area contributed by atoms with Crippen LogP contribution in [-0.2, 0) is 0 Å². The van der Waals surface area contributed by atoms with Crippen molar-refractivity contribution in [2.24, 2.45) is 0 Å². The van der Waals surface area contributed by atoms with Gasteiger partial charge in [0.2, 0.25) is 0 Å². The van der Waals surface area contributed by atoms with Crippen molar-refractivity contribution in [2.45, 2.75) is 33.6 Å². The molecule has 0 aliphatic carbocycles. The number of pyridine rings is 1. The van der Waals surface area contributed by atoms with E-state index in [9.17, 15) is 4.79 Å². The third-order valence-corrected chi connectivity index (χ3v) is 2.52. The van der Waals surface area contributed by atoms with E-state index in [1.165, 1.54) is 0 Å². The molecule has 0 unspecified atom stereocenters. The molecule has 88 valence electrons. The van der Waals surface area contributed by atoms with Crippen LogP contribution in [0.5, 0.6) is 0 Å². The van der Waals surface area contributed by atoms with Crippen LogP contribution in [0, 0.1) is 6.92 Å². The zero-order valence-corrected chi connectivity index (χ0v) is 10.4. The first-order chi connectivity index (χ1) is 7.77. The largest absolute Gasteiger partial charge is 0.339 e. The van der Waals surface area contributed by atoms with Crippen LogP contribution in [0.2, 0.25) is 0 Å². The van der Waals surface area contributed by atoms with E-state index in [2.05, 4.69) is 4.98 Å². The molecule has 16 heavy (non-hydrogen) atoms. The van der Waals surface area contributed by atoms with E-state index in [4.69, 9.17) is 0 Å². The summed E-state index contributed by atoms with van der Waals surface area (Å²) >= 11 is 0. The van der Waals surface area contributed by atoms with Gasteiger partial charge in [0.05, 0.1) is 5.56 Å². The molecule has 1 fully saturated rings. The lowest BCUT2D eigenvalue weighted by molar-refractivity contribution is 0.0792. The second-order valence-corrected chi connectivity index (χ2v) is 3.75. The van der Waals surface area contributed by atoms with Crippen LogP contribution in [0.15, 0.2) is 18.5 Å². The summed E-state index contributed by atoms with van der Waals surface area (Å²) in [5, 5.41) is 0. The van der Waals surface area contributed by atoms with Gasteiger partial charge in [0.25, 0.3) is 5.91 Å². The molecule has 0 atom stereocenters. The Labute approximate surface area is 97.5 Å². The highest BCUT2D eigenvalue weighted by molar-refractivity contribution is 5.94. The Morgan fingerprint density at radius 3 is 2.44 bits per heavy atom. The minimum absolute atomic E-state index is 0.124. The van der Waals surface area contributed by atoms with E-state index in [-0.39, 0.29) is 5.91 Å². The third kappa shape index (κ3) is 3.05. The summed E-state index contributed by atoms with van der Waals surface area (Å²) in [6, 6.07) is 1.90. The van der Waals surface area contributed by atoms with Gasteiger partial charge in [-0.1, -0.05) is 13.8 Å². The maximum Gasteiger partial charge on any atom is 0.255 e. The summed E-state index contributed by atoms with van der Waals surface area (Å²) in [6.07, 6.45) is 5.67. The van der Waals surface area contributed by atoms with Gasteiger partial charge >= 0.3 is 0 Å². The first kappa shape index (κ1) is 12.7. The van der Waals surface area contributed by atoms with Gasteiger partial charge < -0.3 is 4.90 Å².